The Labute approximate surface area is 105 Å². The van der Waals surface area contributed by atoms with Crippen LogP contribution in [-0.2, 0) is 4.79 Å². The van der Waals surface area contributed by atoms with Crippen molar-refractivity contribution in [2.75, 3.05) is 6.54 Å². The topological polar surface area (TPSA) is 63.3 Å². The van der Waals surface area contributed by atoms with Crippen molar-refractivity contribution in [1.82, 2.24) is 0 Å². The van der Waals surface area contributed by atoms with Crippen molar-refractivity contribution in [2.24, 2.45) is 5.73 Å². The number of benzene rings is 1. The largest absolute Gasteiger partial charge is 0.481 e. The Hall–Kier alpha value is -1.00. The molecule has 17 heavy (non-hydrogen) atoms. The Balaban J connectivity index is 2.21. The molecule has 0 amide bonds. The molecule has 1 aliphatic carbocycles. The van der Waals surface area contributed by atoms with Crippen LogP contribution in [0.15, 0.2) is 29.2 Å². The number of hydrogen-bond donors (Lipinski definition) is 2. The molecule has 92 valence electrons. The molecule has 1 atom stereocenters. The first kappa shape index (κ1) is 12.5. The Morgan fingerprint density at radius 3 is 2.71 bits per heavy atom. The van der Waals surface area contributed by atoms with Crippen molar-refractivity contribution in [3.05, 3.63) is 29.8 Å². The fourth-order valence-corrected chi connectivity index (χ4v) is 3.34. The van der Waals surface area contributed by atoms with Gasteiger partial charge in [0.15, 0.2) is 0 Å². The Kier molecular flexibility index (Phi) is 4.07. The second-order valence-corrected chi connectivity index (χ2v) is 5.68. The molecule has 0 radical (unpaired) electrons. The summed E-state index contributed by atoms with van der Waals surface area (Å²) in [5.41, 5.74) is 6.42. The highest BCUT2D eigenvalue weighted by Crippen LogP contribution is 2.39. The van der Waals surface area contributed by atoms with Gasteiger partial charge in [0.1, 0.15) is 0 Å². The molecule has 0 aliphatic heterocycles. The van der Waals surface area contributed by atoms with Crippen LogP contribution in [0.3, 0.4) is 0 Å². The molecule has 0 heterocycles. The zero-order valence-electron chi connectivity index (χ0n) is 9.63. The first-order chi connectivity index (χ1) is 8.22. The molecule has 3 nitrogen and oxygen atoms in total. The summed E-state index contributed by atoms with van der Waals surface area (Å²) in [5.74, 6) is -1.42. The third-order valence-corrected chi connectivity index (χ3v) is 4.60. The summed E-state index contributed by atoms with van der Waals surface area (Å²) in [6.07, 6.45) is 3.76. The minimum absolute atomic E-state index is 0.150. The van der Waals surface area contributed by atoms with Crippen LogP contribution in [0.2, 0.25) is 0 Å². The van der Waals surface area contributed by atoms with Gasteiger partial charge in [-0.1, -0.05) is 24.6 Å². The molecular formula is C13H17NO2S. The van der Waals surface area contributed by atoms with Crippen LogP contribution >= 0.6 is 11.8 Å². The fourth-order valence-electron chi connectivity index (χ4n) is 1.90. The van der Waals surface area contributed by atoms with Crippen molar-refractivity contribution >= 4 is 17.7 Å². The molecule has 1 aromatic carbocycles. The summed E-state index contributed by atoms with van der Waals surface area (Å²) in [7, 11) is 0. The second-order valence-electron chi connectivity index (χ2n) is 4.34. The van der Waals surface area contributed by atoms with Gasteiger partial charge < -0.3 is 10.8 Å². The lowest BCUT2D eigenvalue weighted by molar-refractivity contribution is -0.138. The van der Waals surface area contributed by atoms with E-state index in [1.54, 1.807) is 11.8 Å². The summed E-state index contributed by atoms with van der Waals surface area (Å²) in [4.78, 5) is 12.2. The first-order valence-electron chi connectivity index (χ1n) is 5.91. The minimum Gasteiger partial charge on any atom is -0.481 e. The lowest BCUT2D eigenvalue weighted by atomic mass is 9.99. The van der Waals surface area contributed by atoms with Gasteiger partial charge in [-0.25, -0.2) is 0 Å². The van der Waals surface area contributed by atoms with E-state index in [0.717, 1.165) is 10.5 Å². The summed E-state index contributed by atoms with van der Waals surface area (Å²) in [5, 5.41) is 9.82. The van der Waals surface area contributed by atoms with E-state index in [0.29, 0.717) is 5.25 Å². The zero-order valence-corrected chi connectivity index (χ0v) is 10.5. The van der Waals surface area contributed by atoms with E-state index in [1.165, 1.54) is 19.3 Å². The van der Waals surface area contributed by atoms with Gasteiger partial charge in [-0.05, 0) is 24.5 Å². The van der Waals surface area contributed by atoms with Gasteiger partial charge in [-0.2, -0.15) is 0 Å². The van der Waals surface area contributed by atoms with Gasteiger partial charge in [0.05, 0.1) is 5.92 Å². The number of aliphatic carboxylic acids is 1. The van der Waals surface area contributed by atoms with Crippen molar-refractivity contribution in [3.8, 4) is 0 Å². The molecule has 1 saturated carbocycles. The highest BCUT2D eigenvalue weighted by molar-refractivity contribution is 8.00. The third-order valence-electron chi connectivity index (χ3n) is 3.17. The number of nitrogens with two attached hydrogens (primary N) is 1. The van der Waals surface area contributed by atoms with Gasteiger partial charge >= 0.3 is 5.97 Å². The number of carboxylic acids is 1. The van der Waals surface area contributed by atoms with Gasteiger partial charge in [0.2, 0.25) is 0 Å². The lowest BCUT2D eigenvalue weighted by Crippen LogP contribution is -2.22. The number of hydrogen-bond acceptors (Lipinski definition) is 3. The van der Waals surface area contributed by atoms with Crippen LogP contribution in [-0.4, -0.2) is 22.9 Å². The maximum Gasteiger partial charge on any atom is 0.312 e. The summed E-state index contributed by atoms with van der Waals surface area (Å²) in [6, 6.07) is 7.72. The fraction of sp³-hybridized carbons (Fsp3) is 0.462. The molecule has 0 bridgehead atoms. The van der Waals surface area contributed by atoms with E-state index in [9.17, 15) is 4.79 Å². The molecular weight excluding hydrogens is 234 g/mol. The molecule has 2 rings (SSSR count). The molecule has 1 aliphatic rings. The van der Waals surface area contributed by atoms with Crippen LogP contribution in [0.25, 0.3) is 0 Å². The normalized spacial score (nSPS) is 17.5. The van der Waals surface area contributed by atoms with Gasteiger partial charge in [-0.15, -0.1) is 11.8 Å². The monoisotopic (exact) mass is 251 g/mol. The lowest BCUT2D eigenvalue weighted by Gasteiger charge is -2.26. The average Bonchev–Trinajstić information content (AvgIpc) is 2.26. The Morgan fingerprint density at radius 1 is 1.47 bits per heavy atom. The summed E-state index contributed by atoms with van der Waals surface area (Å²) in [6.45, 7) is 0.150. The van der Waals surface area contributed by atoms with E-state index in [-0.39, 0.29) is 6.54 Å². The van der Waals surface area contributed by atoms with Crippen LogP contribution in [0.1, 0.15) is 30.7 Å². The average molecular weight is 251 g/mol. The van der Waals surface area contributed by atoms with Gasteiger partial charge in [0, 0.05) is 16.7 Å². The van der Waals surface area contributed by atoms with E-state index < -0.39 is 11.9 Å². The predicted octanol–water partition coefficient (Wildman–Crippen LogP) is 2.46. The number of carbonyl (C=O) groups is 1. The Bertz CT molecular complexity index is 404. The van der Waals surface area contributed by atoms with Crippen LogP contribution in [0, 0.1) is 0 Å². The Morgan fingerprint density at radius 2 is 2.18 bits per heavy atom. The van der Waals surface area contributed by atoms with Crippen molar-refractivity contribution < 1.29 is 9.90 Å². The number of carboxylic acid groups (broad SMARTS) is 1. The van der Waals surface area contributed by atoms with Crippen LogP contribution in [0.5, 0.6) is 0 Å². The number of thioether (sulfide) groups is 1. The zero-order chi connectivity index (χ0) is 12.3. The standard InChI is InChI=1S/C13H17NO2S/c14-8-11(13(15)16)10-6-1-2-7-12(10)17-9-4-3-5-9/h1-2,6-7,9,11H,3-5,8,14H2,(H,15,16). The van der Waals surface area contributed by atoms with Crippen LogP contribution in [0.4, 0.5) is 0 Å². The first-order valence-corrected chi connectivity index (χ1v) is 6.78. The molecule has 1 unspecified atom stereocenters. The van der Waals surface area contributed by atoms with E-state index in [4.69, 9.17) is 10.8 Å². The third kappa shape index (κ3) is 2.82. The predicted molar refractivity (Wildman–Crippen MR) is 69.4 cm³/mol. The second kappa shape index (κ2) is 5.56. The molecule has 0 aromatic heterocycles. The highest BCUT2D eigenvalue weighted by Gasteiger charge is 2.24. The molecule has 3 N–H and O–H groups in total. The van der Waals surface area contributed by atoms with E-state index >= 15 is 0 Å². The smallest absolute Gasteiger partial charge is 0.312 e. The van der Waals surface area contributed by atoms with Crippen LogP contribution < -0.4 is 5.73 Å². The SMILES string of the molecule is NCC(C(=O)O)c1ccccc1SC1CCC1. The summed E-state index contributed by atoms with van der Waals surface area (Å²) >= 11 is 1.80. The molecule has 1 aromatic rings. The maximum absolute atomic E-state index is 11.2. The summed E-state index contributed by atoms with van der Waals surface area (Å²) < 4.78 is 0. The molecule has 4 heteroatoms. The molecule has 0 spiro atoms. The minimum atomic E-state index is -0.839. The van der Waals surface area contributed by atoms with Gasteiger partial charge in [-0.3, -0.25) is 4.79 Å². The van der Waals surface area contributed by atoms with Gasteiger partial charge in [0.25, 0.3) is 0 Å². The van der Waals surface area contributed by atoms with Crippen molar-refractivity contribution in [3.63, 3.8) is 0 Å². The number of rotatable bonds is 5. The van der Waals surface area contributed by atoms with E-state index in [2.05, 4.69) is 0 Å². The van der Waals surface area contributed by atoms with E-state index in [1.807, 2.05) is 24.3 Å². The molecule has 1 fully saturated rings. The van der Waals surface area contributed by atoms with Crippen molar-refractivity contribution in [2.45, 2.75) is 35.3 Å². The molecule has 0 saturated heterocycles. The maximum atomic E-state index is 11.2. The highest BCUT2D eigenvalue weighted by atomic mass is 32.2. The van der Waals surface area contributed by atoms with Crippen molar-refractivity contribution in [1.29, 1.82) is 0 Å². The quantitative estimate of drug-likeness (QED) is 0.843.